The van der Waals surface area contributed by atoms with Crippen molar-refractivity contribution in [2.24, 2.45) is 5.41 Å². The van der Waals surface area contributed by atoms with E-state index in [2.05, 4.69) is 26.0 Å². The van der Waals surface area contributed by atoms with Crippen LogP contribution in [0.4, 0.5) is 0 Å². The minimum absolute atomic E-state index is 0.206. The molecular formula is C13H20O. The largest absolute Gasteiger partial charge is 0.295 e. The van der Waals surface area contributed by atoms with Crippen LogP contribution in [0.25, 0.3) is 0 Å². The van der Waals surface area contributed by atoms with Crippen molar-refractivity contribution in [3.05, 3.63) is 23.3 Å². The van der Waals surface area contributed by atoms with Gasteiger partial charge in [-0.15, -0.1) is 0 Å². The zero-order chi connectivity index (χ0) is 10.8. The molecule has 1 heteroatoms. The molecule has 0 aromatic rings. The van der Waals surface area contributed by atoms with E-state index in [0.717, 1.165) is 24.8 Å². The number of hydrogen-bond donors (Lipinski definition) is 0. The molecule has 14 heavy (non-hydrogen) atoms. The minimum Gasteiger partial charge on any atom is -0.295 e. The number of hydrogen-bond acceptors (Lipinski definition) is 1. The molecule has 1 aliphatic carbocycles. The Morgan fingerprint density at radius 2 is 2.07 bits per heavy atom. The summed E-state index contributed by atoms with van der Waals surface area (Å²) in [6, 6.07) is 0. The second kappa shape index (κ2) is 4.12. The minimum atomic E-state index is 0.206. The van der Waals surface area contributed by atoms with E-state index in [1.54, 1.807) is 0 Å². The molecule has 0 N–H and O–H groups in total. The molecule has 1 rings (SSSR count). The third-order valence-corrected chi connectivity index (χ3v) is 3.22. The molecule has 0 unspecified atom stereocenters. The molecular weight excluding hydrogens is 172 g/mol. The fraction of sp³-hybridized carbons (Fsp3) is 0.615. The molecule has 0 aromatic carbocycles. The highest BCUT2D eigenvalue weighted by molar-refractivity contribution is 5.96. The Kier molecular flexibility index (Phi) is 3.30. The van der Waals surface area contributed by atoms with Gasteiger partial charge in [0.2, 0.25) is 0 Å². The predicted molar refractivity (Wildman–Crippen MR) is 60.2 cm³/mol. The summed E-state index contributed by atoms with van der Waals surface area (Å²) < 4.78 is 0. The Morgan fingerprint density at radius 3 is 2.64 bits per heavy atom. The lowest BCUT2D eigenvalue weighted by atomic mass is 9.71. The fourth-order valence-corrected chi connectivity index (χ4v) is 2.11. The van der Waals surface area contributed by atoms with Crippen molar-refractivity contribution in [2.45, 2.75) is 47.0 Å². The number of rotatable bonds is 2. The summed E-state index contributed by atoms with van der Waals surface area (Å²) in [5.74, 6) is 0.337. The Hall–Kier alpha value is -0.850. The number of Topliss-reactive ketones (excluding diaryl/α,β-unsaturated/α-hetero) is 1. The normalized spacial score (nSPS) is 22.1. The quantitative estimate of drug-likeness (QED) is 0.610. The summed E-state index contributed by atoms with van der Waals surface area (Å²) in [5, 5.41) is 0. The second-order valence-electron chi connectivity index (χ2n) is 4.68. The Morgan fingerprint density at radius 1 is 1.43 bits per heavy atom. The Balaban J connectivity index is 3.02. The summed E-state index contributed by atoms with van der Waals surface area (Å²) in [6.45, 7) is 8.47. The Bertz CT molecular complexity index is 292. The Labute approximate surface area is 86.9 Å². The number of carbonyl (C=O) groups excluding carboxylic acids is 1. The summed E-state index contributed by atoms with van der Waals surface area (Å²) in [7, 11) is 0. The van der Waals surface area contributed by atoms with E-state index in [1.165, 1.54) is 5.57 Å². The molecule has 78 valence electrons. The molecule has 0 saturated carbocycles. The van der Waals surface area contributed by atoms with Crippen molar-refractivity contribution in [3.63, 3.8) is 0 Å². The van der Waals surface area contributed by atoms with E-state index in [4.69, 9.17) is 0 Å². The van der Waals surface area contributed by atoms with Crippen LogP contribution in [0.5, 0.6) is 0 Å². The third kappa shape index (κ3) is 2.14. The van der Waals surface area contributed by atoms with E-state index < -0.39 is 0 Å². The van der Waals surface area contributed by atoms with Crippen LogP contribution in [-0.4, -0.2) is 5.78 Å². The summed E-state index contributed by atoms with van der Waals surface area (Å²) >= 11 is 0. The lowest BCUT2D eigenvalue weighted by Gasteiger charge is -2.33. The molecule has 0 aromatic heterocycles. The molecule has 0 spiro atoms. The van der Waals surface area contributed by atoms with E-state index >= 15 is 0 Å². The van der Waals surface area contributed by atoms with Gasteiger partial charge in [0.15, 0.2) is 5.78 Å². The van der Waals surface area contributed by atoms with Crippen LogP contribution in [0.3, 0.4) is 0 Å². The van der Waals surface area contributed by atoms with Gasteiger partial charge >= 0.3 is 0 Å². The fourth-order valence-electron chi connectivity index (χ4n) is 2.11. The number of carbonyl (C=O) groups is 1. The summed E-state index contributed by atoms with van der Waals surface area (Å²) in [5.41, 5.74) is 2.53. The van der Waals surface area contributed by atoms with Gasteiger partial charge in [-0.1, -0.05) is 31.6 Å². The van der Waals surface area contributed by atoms with E-state index in [0.29, 0.717) is 5.78 Å². The van der Waals surface area contributed by atoms with Crippen molar-refractivity contribution in [1.29, 1.82) is 0 Å². The van der Waals surface area contributed by atoms with Gasteiger partial charge in [-0.3, -0.25) is 4.79 Å². The van der Waals surface area contributed by atoms with Gasteiger partial charge < -0.3 is 0 Å². The zero-order valence-corrected chi connectivity index (χ0v) is 9.68. The first kappa shape index (κ1) is 11.2. The van der Waals surface area contributed by atoms with Gasteiger partial charge in [-0.2, -0.15) is 0 Å². The summed E-state index contributed by atoms with van der Waals surface area (Å²) in [6.07, 6.45) is 6.84. The maximum atomic E-state index is 11.6. The number of ketones is 1. The molecule has 0 amide bonds. The zero-order valence-electron chi connectivity index (χ0n) is 9.68. The van der Waals surface area contributed by atoms with Crippen LogP contribution in [-0.2, 0) is 4.79 Å². The highest BCUT2D eigenvalue weighted by atomic mass is 16.1. The van der Waals surface area contributed by atoms with Gasteiger partial charge in [-0.25, -0.2) is 0 Å². The van der Waals surface area contributed by atoms with E-state index in [1.807, 2.05) is 13.8 Å². The first-order valence-corrected chi connectivity index (χ1v) is 5.33. The van der Waals surface area contributed by atoms with Crippen molar-refractivity contribution in [1.82, 2.24) is 0 Å². The van der Waals surface area contributed by atoms with Crippen molar-refractivity contribution in [3.8, 4) is 0 Å². The summed E-state index contributed by atoms with van der Waals surface area (Å²) in [4.78, 5) is 11.6. The van der Waals surface area contributed by atoms with Crippen LogP contribution < -0.4 is 0 Å². The molecule has 0 heterocycles. The molecule has 0 fully saturated rings. The molecule has 1 aliphatic rings. The highest BCUT2D eigenvalue weighted by Gasteiger charge is 2.31. The molecule has 0 atom stereocenters. The SMILES string of the molecule is C/C=C/CC1=C(C)C(=O)CCC1(C)C. The van der Waals surface area contributed by atoms with Crippen molar-refractivity contribution >= 4 is 5.78 Å². The smallest absolute Gasteiger partial charge is 0.158 e. The van der Waals surface area contributed by atoms with Gasteiger partial charge in [-0.05, 0) is 37.7 Å². The van der Waals surface area contributed by atoms with Crippen LogP contribution in [0.2, 0.25) is 0 Å². The van der Waals surface area contributed by atoms with E-state index in [-0.39, 0.29) is 5.41 Å². The van der Waals surface area contributed by atoms with Gasteiger partial charge in [0.25, 0.3) is 0 Å². The first-order chi connectivity index (χ1) is 6.49. The van der Waals surface area contributed by atoms with Gasteiger partial charge in [0.05, 0.1) is 0 Å². The molecule has 0 radical (unpaired) electrons. The average Bonchev–Trinajstić information content (AvgIpc) is 2.12. The predicted octanol–water partition coefficient (Wildman–Crippen LogP) is 3.66. The molecule has 1 nitrogen and oxygen atoms in total. The average molecular weight is 192 g/mol. The first-order valence-electron chi connectivity index (χ1n) is 5.33. The molecule has 0 saturated heterocycles. The highest BCUT2D eigenvalue weighted by Crippen LogP contribution is 2.40. The standard InChI is InChI=1S/C13H20O/c1-5-6-7-11-10(2)12(14)8-9-13(11,3)4/h5-6H,7-9H2,1-4H3/b6-5+. The number of allylic oxidation sites excluding steroid dienone is 4. The third-order valence-electron chi connectivity index (χ3n) is 3.22. The van der Waals surface area contributed by atoms with Crippen LogP contribution in [0.15, 0.2) is 23.3 Å². The van der Waals surface area contributed by atoms with Crippen LogP contribution in [0.1, 0.15) is 47.0 Å². The van der Waals surface area contributed by atoms with Crippen LogP contribution >= 0.6 is 0 Å². The van der Waals surface area contributed by atoms with Gasteiger partial charge in [0.1, 0.15) is 0 Å². The van der Waals surface area contributed by atoms with Crippen LogP contribution in [0, 0.1) is 5.41 Å². The van der Waals surface area contributed by atoms with Crippen molar-refractivity contribution < 1.29 is 4.79 Å². The maximum Gasteiger partial charge on any atom is 0.158 e. The monoisotopic (exact) mass is 192 g/mol. The van der Waals surface area contributed by atoms with Gasteiger partial charge in [0, 0.05) is 6.42 Å². The molecule has 0 bridgehead atoms. The topological polar surface area (TPSA) is 17.1 Å². The lowest BCUT2D eigenvalue weighted by Crippen LogP contribution is -2.25. The maximum absolute atomic E-state index is 11.6. The second-order valence-corrected chi connectivity index (χ2v) is 4.68. The van der Waals surface area contributed by atoms with E-state index in [9.17, 15) is 4.79 Å². The van der Waals surface area contributed by atoms with Crippen molar-refractivity contribution in [2.75, 3.05) is 0 Å². The molecule has 0 aliphatic heterocycles. The lowest BCUT2D eigenvalue weighted by molar-refractivity contribution is -0.116.